The average molecular weight is 218 g/mol. The quantitative estimate of drug-likeness (QED) is 0.588. The predicted molar refractivity (Wildman–Crippen MR) is 64.5 cm³/mol. The molecule has 2 amide bonds. The Morgan fingerprint density at radius 3 is 2.50 bits per heavy atom. The molecule has 0 aromatic heterocycles. The van der Waals surface area contributed by atoms with Crippen LogP contribution in [0.3, 0.4) is 0 Å². The van der Waals surface area contributed by atoms with Gasteiger partial charge in [-0.1, -0.05) is 30.3 Å². The molecule has 0 atom stereocenters. The van der Waals surface area contributed by atoms with Crippen LogP contribution in [0.1, 0.15) is 19.4 Å². The summed E-state index contributed by atoms with van der Waals surface area (Å²) in [5.74, 6) is 0. The molecule has 0 saturated heterocycles. The Morgan fingerprint density at radius 2 is 1.88 bits per heavy atom. The Labute approximate surface area is 94.2 Å². The number of carbonyl (C=O) groups excluding carboxylic acids is 1. The highest BCUT2D eigenvalue weighted by molar-refractivity contribution is 5.83. The summed E-state index contributed by atoms with van der Waals surface area (Å²) < 4.78 is 0. The minimum atomic E-state index is -0.464. The summed E-state index contributed by atoms with van der Waals surface area (Å²) in [7, 11) is 0. The third-order valence-corrected chi connectivity index (χ3v) is 1.56. The standard InChI is InChI=1S/C11H14N4O/c1-9(2)13-15-11(16)14-12-8-10-6-4-3-5-7-10/h3-8H,1-2H3,(H2,14,15,16). The molecule has 1 rings (SSSR count). The molecule has 0 aliphatic carbocycles. The van der Waals surface area contributed by atoms with E-state index in [1.807, 2.05) is 30.3 Å². The second-order valence-corrected chi connectivity index (χ2v) is 3.28. The zero-order valence-electron chi connectivity index (χ0n) is 9.27. The second-order valence-electron chi connectivity index (χ2n) is 3.28. The van der Waals surface area contributed by atoms with E-state index < -0.39 is 6.03 Å². The van der Waals surface area contributed by atoms with Gasteiger partial charge in [-0.3, -0.25) is 0 Å². The van der Waals surface area contributed by atoms with Crippen molar-refractivity contribution in [3.8, 4) is 0 Å². The minimum absolute atomic E-state index is 0.464. The van der Waals surface area contributed by atoms with E-state index in [-0.39, 0.29) is 0 Å². The molecule has 2 N–H and O–H groups in total. The topological polar surface area (TPSA) is 65.8 Å². The molecule has 0 spiro atoms. The lowest BCUT2D eigenvalue weighted by Gasteiger charge is -1.98. The maximum atomic E-state index is 11.1. The highest BCUT2D eigenvalue weighted by Gasteiger charge is 1.93. The van der Waals surface area contributed by atoms with Crippen LogP contribution in [-0.4, -0.2) is 18.0 Å². The summed E-state index contributed by atoms with van der Waals surface area (Å²) >= 11 is 0. The lowest BCUT2D eigenvalue weighted by Crippen LogP contribution is -2.28. The van der Waals surface area contributed by atoms with Crippen LogP contribution < -0.4 is 10.9 Å². The molecule has 84 valence electrons. The Hall–Kier alpha value is -2.17. The third-order valence-electron chi connectivity index (χ3n) is 1.56. The van der Waals surface area contributed by atoms with Crippen molar-refractivity contribution >= 4 is 18.0 Å². The molecule has 0 heterocycles. The molecule has 0 aliphatic rings. The van der Waals surface area contributed by atoms with Gasteiger partial charge in [0, 0.05) is 5.71 Å². The maximum Gasteiger partial charge on any atom is 0.355 e. The number of rotatable bonds is 3. The van der Waals surface area contributed by atoms with E-state index in [4.69, 9.17) is 0 Å². The van der Waals surface area contributed by atoms with Gasteiger partial charge in [0.1, 0.15) is 0 Å². The average Bonchev–Trinajstić information content (AvgIpc) is 2.28. The summed E-state index contributed by atoms with van der Waals surface area (Å²) in [5, 5.41) is 7.49. The lowest BCUT2D eigenvalue weighted by atomic mass is 10.2. The number of carbonyl (C=O) groups is 1. The molecule has 0 fully saturated rings. The van der Waals surface area contributed by atoms with Crippen LogP contribution in [0.15, 0.2) is 40.5 Å². The van der Waals surface area contributed by atoms with Crippen molar-refractivity contribution in [2.45, 2.75) is 13.8 Å². The summed E-state index contributed by atoms with van der Waals surface area (Å²) in [6.07, 6.45) is 1.56. The van der Waals surface area contributed by atoms with Crippen molar-refractivity contribution in [3.63, 3.8) is 0 Å². The van der Waals surface area contributed by atoms with Gasteiger partial charge in [0.05, 0.1) is 6.21 Å². The smallest absolute Gasteiger partial charge is 0.245 e. The van der Waals surface area contributed by atoms with Gasteiger partial charge in [-0.05, 0) is 19.4 Å². The number of benzene rings is 1. The van der Waals surface area contributed by atoms with E-state index >= 15 is 0 Å². The maximum absolute atomic E-state index is 11.1. The lowest BCUT2D eigenvalue weighted by molar-refractivity contribution is 0.242. The van der Waals surface area contributed by atoms with E-state index in [2.05, 4.69) is 21.1 Å². The first-order valence-electron chi connectivity index (χ1n) is 4.83. The Morgan fingerprint density at radius 1 is 1.19 bits per heavy atom. The van der Waals surface area contributed by atoms with Crippen LogP contribution in [0.25, 0.3) is 0 Å². The number of hydrogen-bond donors (Lipinski definition) is 2. The minimum Gasteiger partial charge on any atom is -0.245 e. The van der Waals surface area contributed by atoms with Gasteiger partial charge in [-0.2, -0.15) is 10.2 Å². The van der Waals surface area contributed by atoms with Crippen LogP contribution in [0.5, 0.6) is 0 Å². The second kappa shape index (κ2) is 6.34. The number of urea groups is 1. The van der Waals surface area contributed by atoms with Gasteiger partial charge >= 0.3 is 6.03 Å². The first-order chi connectivity index (χ1) is 7.68. The fraction of sp³-hybridized carbons (Fsp3) is 0.182. The van der Waals surface area contributed by atoms with Gasteiger partial charge in [0.25, 0.3) is 0 Å². The first kappa shape index (κ1) is 11.9. The molecule has 1 aromatic carbocycles. The van der Waals surface area contributed by atoms with Crippen LogP contribution in [0.4, 0.5) is 4.79 Å². The van der Waals surface area contributed by atoms with Crippen molar-refractivity contribution in [2.24, 2.45) is 10.2 Å². The summed E-state index contributed by atoms with van der Waals surface area (Å²) in [5.41, 5.74) is 6.27. The van der Waals surface area contributed by atoms with E-state index in [0.717, 1.165) is 11.3 Å². The van der Waals surface area contributed by atoms with Crippen LogP contribution >= 0.6 is 0 Å². The number of hydrogen-bond acceptors (Lipinski definition) is 3. The summed E-state index contributed by atoms with van der Waals surface area (Å²) in [6.45, 7) is 3.57. The van der Waals surface area contributed by atoms with E-state index in [9.17, 15) is 4.79 Å². The number of nitrogens with zero attached hydrogens (tertiary/aromatic N) is 2. The molecule has 0 unspecified atom stereocenters. The molecular formula is C11H14N4O. The van der Waals surface area contributed by atoms with Gasteiger partial charge in [0.15, 0.2) is 0 Å². The zero-order valence-corrected chi connectivity index (χ0v) is 9.27. The third kappa shape index (κ3) is 4.90. The molecule has 5 heteroatoms. The SMILES string of the molecule is CC(C)=NNC(=O)NN=Cc1ccccc1. The van der Waals surface area contributed by atoms with E-state index in [0.29, 0.717) is 0 Å². The zero-order chi connectivity index (χ0) is 11.8. The molecule has 1 aromatic rings. The Bertz CT molecular complexity index is 394. The molecule has 0 bridgehead atoms. The van der Waals surface area contributed by atoms with Crippen molar-refractivity contribution in [2.75, 3.05) is 0 Å². The van der Waals surface area contributed by atoms with Crippen LogP contribution in [-0.2, 0) is 0 Å². The van der Waals surface area contributed by atoms with Crippen molar-refractivity contribution < 1.29 is 4.79 Å². The van der Waals surface area contributed by atoms with Gasteiger partial charge in [0.2, 0.25) is 0 Å². The molecule has 16 heavy (non-hydrogen) atoms. The first-order valence-corrected chi connectivity index (χ1v) is 4.83. The highest BCUT2D eigenvalue weighted by atomic mass is 16.2. The number of nitrogens with one attached hydrogen (secondary N) is 2. The largest absolute Gasteiger partial charge is 0.355 e. The van der Waals surface area contributed by atoms with E-state index in [1.54, 1.807) is 20.1 Å². The fourth-order valence-corrected chi connectivity index (χ4v) is 0.892. The van der Waals surface area contributed by atoms with Crippen molar-refractivity contribution in [3.05, 3.63) is 35.9 Å². The highest BCUT2D eigenvalue weighted by Crippen LogP contribution is 1.92. The monoisotopic (exact) mass is 218 g/mol. The molecule has 0 aliphatic heterocycles. The predicted octanol–water partition coefficient (Wildman–Crippen LogP) is 1.72. The van der Waals surface area contributed by atoms with Crippen molar-refractivity contribution in [1.29, 1.82) is 0 Å². The van der Waals surface area contributed by atoms with Gasteiger partial charge in [-0.25, -0.2) is 15.6 Å². The van der Waals surface area contributed by atoms with Crippen LogP contribution in [0.2, 0.25) is 0 Å². The summed E-state index contributed by atoms with van der Waals surface area (Å²) in [4.78, 5) is 11.1. The van der Waals surface area contributed by atoms with Crippen LogP contribution in [0, 0.1) is 0 Å². The van der Waals surface area contributed by atoms with Gasteiger partial charge in [-0.15, -0.1) is 0 Å². The fourth-order valence-electron chi connectivity index (χ4n) is 0.892. The number of hydrazone groups is 2. The normalized spacial score (nSPS) is 9.88. The Balaban J connectivity index is 2.37. The molecule has 0 saturated carbocycles. The summed E-state index contributed by atoms with van der Waals surface area (Å²) in [6, 6.07) is 9.01. The van der Waals surface area contributed by atoms with Gasteiger partial charge < -0.3 is 0 Å². The molecular weight excluding hydrogens is 204 g/mol. The number of amides is 2. The molecule has 0 radical (unpaired) electrons. The van der Waals surface area contributed by atoms with E-state index in [1.165, 1.54) is 0 Å². The Kier molecular flexibility index (Phi) is 4.72. The van der Waals surface area contributed by atoms with Crippen molar-refractivity contribution in [1.82, 2.24) is 10.9 Å². The molecule has 5 nitrogen and oxygen atoms in total.